The van der Waals surface area contributed by atoms with Crippen molar-refractivity contribution in [2.24, 2.45) is 16.5 Å². The van der Waals surface area contributed by atoms with Gasteiger partial charge in [0, 0.05) is 67.4 Å². The van der Waals surface area contributed by atoms with Gasteiger partial charge in [-0.2, -0.15) is 0 Å². The number of nitrogens with two attached hydrogens (primary N) is 2. The number of ether oxygens (including phenoxy) is 1. The number of carbonyl (C=O) groups is 1. The van der Waals surface area contributed by atoms with Gasteiger partial charge >= 0.3 is 0 Å². The molecule has 0 saturated heterocycles. The maximum atomic E-state index is 15.1. The fraction of sp³-hybridized carbons (Fsp3) is 0.292. The van der Waals surface area contributed by atoms with E-state index in [0.29, 0.717) is 29.8 Å². The number of imidazole rings is 1. The Hall–Kier alpha value is -3.43. The average Bonchev–Trinajstić information content (AvgIpc) is 3.25. The molecule has 0 aliphatic carbocycles. The molecule has 0 unspecified atom stereocenters. The van der Waals surface area contributed by atoms with Crippen molar-refractivity contribution >= 4 is 28.9 Å². The van der Waals surface area contributed by atoms with E-state index in [1.54, 1.807) is 26.2 Å². The number of pyridine rings is 1. The molecule has 0 spiro atoms. The minimum atomic E-state index is -0.669. The second kappa shape index (κ2) is 11.1. The number of carbonyl (C=O) groups excluding carboxylic acids is 1. The lowest BCUT2D eigenvalue weighted by molar-refractivity contribution is -0.117. The van der Waals surface area contributed by atoms with Crippen LogP contribution < -0.4 is 21.5 Å². The van der Waals surface area contributed by atoms with E-state index in [1.807, 2.05) is 22.7 Å². The molecule has 0 bridgehead atoms. The number of fused-ring (bicyclic) bond motifs is 1. The first-order chi connectivity index (χ1) is 16.3. The minimum Gasteiger partial charge on any atom is -0.489 e. The molecule has 2 aromatic heterocycles. The number of aliphatic imine (C=N–C) groups is 1. The molecular formula is C24H28ClFN6O2. The van der Waals surface area contributed by atoms with Crippen LogP contribution >= 0.6 is 11.6 Å². The number of amides is 1. The molecule has 1 amide bonds. The number of nitrogens with zero attached hydrogens (tertiary/aromatic N) is 3. The monoisotopic (exact) mass is 486 g/mol. The van der Waals surface area contributed by atoms with Crippen LogP contribution in [0.2, 0.25) is 5.02 Å². The summed E-state index contributed by atoms with van der Waals surface area (Å²) in [5.41, 5.74) is 15.8. The summed E-state index contributed by atoms with van der Waals surface area (Å²) in [6.45, 7) is 2.28. The van der Waals surface area contributed by atoms with Crippen LogP contribution in [0.25, 0.3) is 16.8 Å². The highest BCUT2D eigenvalue weighted by Gasteiger charge is 2.18. The van der Waals surface area contributed by atoms with Crippen LogP contribution in [0.15, 0.2) is 52.9 Å². The number of nitrogens with one attached hydrogen (secondary N) is 1. The first kappa shape index (κ1) is 25.2. The van der Waals surface area contributed by atoms with Gasteiger partial charge in [0.05, 0.1) is 11.6 Å². The predicted molar refractivity (Wildman–Crippen MR) is 133 cm³/mol. The topological polar surface area (TPSA) is 120 Å². The molecule has 8 nitrogen and oxygen atoms in total. The van der Waals surface area contributed by atoms with Gasteiger partial charge in [-0.3, -0.25) is 9.79 Å². The van der Waals surface area contributed by atoms with Gasteiger partial charge in [-0.15, -0.1) is 0 Å². The number of aromatic nitrogens is 2. The Morgan fingerprint density at radius 2 is 2.09 bits per heavy atom. The SMILES string of the molecule is CN=C(C)/C(CCOc1c(-c2ccc3ncc(CCN)n3c2)ccc(Cl)c1F)=C(\N)C(=O)NC. The molecule has 10 heteroatoms. The number of hydrogen-bond donors (Lipinski definition) is 3. The van der Waals surface area contributed by atoms with Crippen LogP contribution in [0.3, 0.4) is 0 Å². The summed E-state index contributed by atoms with van der Waals surface area (Å²) in [5.74, 6) is -1.08. The Kier molecular flexibility index (Phi) is 8.25. The molecule has 5 N–H and O–H groups in total. The molecule has 3 rings (SSSR count). The molecule has 34 heavy (non-hydrogen) atoms. The Morgan fingerprint density at radius 1 is 1.32 bits per heavy atom. The molecule has 2 heterocycles. The number of rotatable bonds is 9. The van der Waals surface area contributed by atoms with E-state index in [1.165, 1.54) is 13.1 Å². The van der Waals surface area contributed by atoms with Gasteiger partial charge in [-0.1, -0.05) is 11.6 Å². The smallest absolute Gasteiger partial charge is 0.267 e. The maximum Gasteiger partial charge on any atom is 0.267 e. The molecule has 0 saturated carbocycles. The van der Waals surface area contributed by atoms with E-state index in [-0.39, 0.29) is 29.5 Å². The summed E-state index contributed by atoms with van der Waals surface area (Å²) in [4.78, 5) is 20.5. The lowest BCUT2D eigenvalue weighted by Gasteiger charge is -2.16. The summed E-state index contributed by atoms with van der Waals surface area (Å²) in [5, 5.41) is 2.44. The molecule has 0 radical (unpaired) electrons. The summed E-state index contributed by atoms with van der Waals surface area (Å²) < 4.78 is 22.9. The lowest BCUT2D eigenvalue weighted by Crippen LogP contribution is -2.28. The van der Waals surface area contributed by atoms with Crippen molar-refractivity contribution in [3.8, 4) is 16.9 Å². The van der Waals surface area contributed by atoms with Gasteiger partial charge in [-0.05, 0) is 37.7 Å². The van der Waals surface area contributed by atoms with Crippen LogP contribution in [0.4, 0.5) is 4.39 Å². The van der Waals surface area contributed by atoms with E-state index in [9.17, 15) is 4.79 Å². The van der Waals surface area contributed by atoms with Crippen molar-refractivity contribution in [2.75, 3.05) is 27.2 Å². The number of benzene rings is 1. The van der Waals surface area contributed by atoms with E-state index >= 15 is 4.39 Å². The second-order valence-corrected chi connectivity index (χ2v) is 7.96. The molecule has 1 aromatic carbocycles. The predicted octanol–water partition coefficient (Wildman–Crippen LogP) is 3.11. The number of halogens is 2. The lowest BCUT2D eigenvalue weighted by atomic mass is 10.0. The zero-order chi connectivity index (χ0) is 24.8. The van der Waals surface area contributed by atoms with Crippen LogP contribution in [-0.4, -0.2) is 48.3 Å². The third-order valence-electron chi connectivity index (χ3n) is 5.51. The van der Waals surface area contributed by atoms with Gasteiger partial charge in [-0.25, -0.2) is 9.37 Å². The van der Waals surface area contributed by atoms with Crippen molar-refractivity contribution < 1.29 is 13.9 Å². The van der Waals surface area contributed by atoms with Crippen molar-refractivity contribution in [1.82, 2.24) is 14.7 Å². The highest BCUT2D eigenvalue weighted by molar-refractivity contribution is 6.31. The normalized spacial score (nSPS) is 12.6. The third-order valence-corrected chi connectivity index (χ3v) is 5.80. The van der Waals surface area contributed by atoms with Crippen LogP contribution in [0.5, 0.6) is 5.75 Å². The molecule has 0 atom stereocenters. The zero-order valence-corrected chi connectivity index (χ0v) is 20.1. The fourth-order valence-corrected chi connectivity index (χ4v) is 3.74. The minimum absolute atomic E-state index is 0.0105. The van der Waals surface area contributed by atoms with E-state index in [2.05, 4.69) is 15.3 Å². The molecule has 180 valence electrons. The maximum absolute atomic E-state index is 15.1. The van der Waals surface area contributed by atoms with Crippen LogP contribution in [0.1, 0.15) is 19.0 Å². The first-order valence-corrected chi connectivity index (χ1v) is 11.1. The number of hydrogen-bond acceptors (Lipinski definition) is 6. The van der Waals surface area contributed by atoms with Crippen LogP contribution in [-0.2, 0) is 11.2 Å². The highest BCUT2D eigenvalue weighted by atomic mass is 35.5. The van der Waals surface area contributed by atoms with Crippen molar-refractivity contribution in [3.05, 3.63) is 64.5 Å². The Labute approximate surface area is 202 Å². The summed E-state index contributed by atoms with van der Waals surface area (Å²) in [6.07, 6.45) is 4.54. The largest absolute Gasteiger partial charge is 0.489 e. The first-order valence-electron chi connectivity index (χ1n) is 10.7. The number of likely N-dealkylation sites (N-methyl/N-ethyl adjacent to an activating group) is 1. The van der Waals surface area contributed by atoms with Gasteiger partial charge < -0.3 is 25.9 Å². The molecule has 3 aromatic rings. The van der Waals surface area contributed by atoms with Gasteiger partial charge in [0.25, 0.3) is 5.91 Å². The third kappa shape index (κ3) is 5.21. The standard InChI is InChI=1S/C24H28ClFN6O2/c1-14(29-2)17(22(28)24(33)30-3)9-11-34-23-18(5-6-19(25)21(23)26)15-4-7-20-31-12-16(8-10-27)32(20)13-15/h4-7,12-13H,8-11,27-28H2,1-3H3,(H,30,33)/b22-17-,29-14?. The zero-order valence-electron chi connectivity index (χ0n) is 19.4. The van der Waals surface area contributed by atoms with Crippen molar-refractivity contribution in [2.45, 2.75) is 19.8 Å². The summed E-state index contributed by atoms with van der Waals surface area (Å²) in [7, 11) is 3.10. The van der Waals surface area contributed by atoms with Gasteiger partial charge in [0.1, 0.15) is 11.3 Å². The van der Waals surface area contributed by atoms with E-state index in [4.69, 9.17) is 27.8 Å². The quantitative estimate of drug-likeness (QED) is 0.317. The Bertz CT molecular complexity index is 1270. The second-order valence-electron chi connectivity index (χ2n) is 7.55. The Balaban J connectivity index is 1.96. The Morgan fingerprint density at radius 3 is 2.76 bits per heavy atom. The molecular weight excluding hydrogens is 459 g/mol. The molecule has 0 aliphatic rings. The fourth-order valence-electron chi connectivity index (χ4n) is 3.60. The van der Waals surface area contributed by atoms with Gasteiger partial charge in [0.15, 0.2) is 11.6 Å². The summed E-state index contributed by atoms with van der Waals surface area (Å²) in [6, 6.07) is 6.88. The van der Waals surface area contributed by atoms with Crippen molar-refractivity contribution in [3.63, 3.8) is 0 Å². The van der Waals surface area contributed by atoms with Gasteiger partial charge in [0.2, 0.25) is 0 Å². The van der Waals surface area contributed by atoms with Crippen LogP contribution in [0, 0.1) is 5.82 Å². The molecule has 0 aliphatic heterocycles. The van der Waals surface area contributed by atoms with E-state index in [0.717, 1.165) is 16.9 Å². The molecule has 0 fully saturated rings. The highest BCUT2D eigenvalue weighted by Crippen LogP contribution is 2.36. The van der Waals surface area contributed by atoms with Crippen molar-refractivity contribution in [1.29, 1.82) is 0 Å². The van der Waals surface area contributed by atoms with E-state index < -0.39 is 11.7 Å². The average molecular weight is 487 g/mol. The summed E-state index contributed by atoms with van der Waals surface area (Å²) >= 11 is 6.06.